The number of carboxylic acid groups (broad SMARTS) is 1. The fraction of sp³-hybridized carbons (Fsp3) is 0.474. The fourth-order valence-electron chi connectivity index (χ4n) is 3.41. The summed E-state index contributed by atoms with van der Waals surface area (Å²) in [5.74, 6) is -1.69. The molecule has 0 aliphatic carbocycles. The van der Waals surface area contributed by atoms with Gasteiger partial charge in [0.25, 0.3) is 5.91 Å². The Hall–Kier alpha value is -2.81. The molecule has 0 radical (unpaired) electrons. The van der Waals surface area contributed by atoms with E-state index in [9.17, 15) is 14.0 Å². The van der Waals surface area contributed by atoms with Crippen LogP contribution in [0.4, 0.5) is 4.39 Å². The molecule has 1 aliphatic rings. The standard InChI is InChI=1S/C19H23FN4O4/c1-11(2)18-21-17(22-24(18)15-7-5-4-6-14(15)20)19(27)23-10-13(28-3)8-12(23)9-16(25)26/h4-7,11-13H,8-10H2,1-3H3,(H,25,26). The zero-order valence-corrected chi connectivity index (χ0v) is 16.0. The zero-order valence-electron chi connectivity index (χ0n) is 16.0. The maximum absolute atomic E-state index is 14.3. The number of carboxylic acids is 1. The molecule has 1 fully saturated rings. The van der Waals surface area contributed by atoms with Gasteiger partial charge in [0.15, 0.2) is 0 Å². The van der Waals surface area contributed by atoms with Crippen molar-refractivity contribution in [3.05, 3.63) is 41.7 Å². The number of para-hydroxylation sites is 1. The Labute approximate surface area is 161 Å². The second-order valence-corrected chi connectivity index (χ2v) is 7.11. The number of carbonyl (C=O) groups is 2. The van der Waals surface area contributed by atoms with Crippen LogP contribution in [0.5, 0.6) is 0 Å². The minimum Gasteiger partial charge on any atom is -0.481 e. The van der Waals surface area contributed by atoms with Crippen LogP contribution in [0, 0.1) is 5.82 Å². The predicted octanol–water partition coefficient (Wildman–Crippen LogP) is 2.23. The molecule has 1 aromatic heterocycles. The molecule has 28 heavy (non-hydrogen) atoms. The van der Waals surface area contributed by atoms with E-state index < -0.39 is 23.7 Å². The number of aromatic nitrogens is 3. The number of nitrogens with zero attached hydrogens (tertiary/aromatic N) is 4. The van der Waals surface area contributed by atoms with E-state index in [4.69, 9.17) is 9.84 Å². The largest absolute Gasteiger partial charge is 0.481 e. The van der Waals surface area contributed by atoms with Crippen molar-refractivity contribution in [1.29, 1.82) is 0 Å². The molecule has 1 amide bonds. The maximum Gasteiger partial charge on any atom is 0.305 e. The molecule has 0 spiro atoms. The molecule has 2 atom stereocenters. The molecule has 2 heterocycles. The Balaban J connectivity index is 1.97. The van der Waals surface area contributed by atoms with E-state index in [1.54, 1.807) is 18.2 Å². The molecule has 0 saturated carbocycles. The minimum absolute atomic E-state index is 0.0842. The molecule has 2 aromatic rings. The number of methoxy groups -OCH3 is 1. The number of hydrogen-bond donors (Lipinski definition) is 1. The Kier molecular flexibility index (Phi) is 5.73. The number of likely N-dealkylation sites (tertiary alicyclic amines) is 1. The van der Waals surface area contributed by atoms with Crippen LogP contribution >= 0.6 is 0 Å². The molecule has 2 unspecified atom stereocenters. The van der Waals surface area contributed by atoms with Crippen LogP contribution in [0.3, 0.4) is 0 Å². The molecular formula is C19H23FN4O4. The molecule has 1 aliphatic heterocycles. The van der Waals surface area contributed by atoms with Crippen molar-refractivity contribution < 1.29 is 23.8 Å². The van der Waals surface area contributed by atoms with Gasteiger partial charge in [0.2, 0.25) is 5.82 Å². The van der Waals surface area contributed by atoms with Crippen molar-refractivity contribution in [2.75, 3.05) is 13.7 Å². The Morgan fingerprint density at radius 1 is 1.36 bits per heavy atom. The molecular weight excluding hydrogens is 367 g/mol. The van der Waals surface area contributed by atoms with Crippen LogP contribution in [-0.2, 0) is 9.53 Å². The first kappa shape index (κ1) is 19.9. The van der Waals surface area contributed by atoms with Crippen LogP contribution in [0.15, 0.2) is 24.3 Å². The number of carbonyl (C=O) groups excluding carboxylic acids is 1. The van der Waals surface area contributed by atoms with Crippen LogP contribution in [0.1, 0.15) is 49.1 Å². The second-order valence-electron chi connectivity index (χ2n) is 7.11. The highest BCUT2D eigenvalue weighted by Gasteiger charge is 2.38. The summed E-state index contributed by atoms with van der Waals surface area (Å²) in [5.41, 5.74) is 0.205. The van der Waals surface area contributed by atoms with E-state index in [0.29, 0.717) is 12.2 Å². The molecule has 0 bridgehead atoms. The summed E-state index contributed by atoms with van der Waals surface area (Å²) in [4.78, 5) is 30.0. The molecule has 1 aromatic carbocycles. The lowest BCUT2D eigenvalue weighted by molar-refractivity contribution is -0.138. The van der Waals surface area contributed by atoms with Crippen LogP contribution in [0.2, 0.25) is 0 Å². The topological polar surface area (TPSA) is 97.5 Å². The summed E-state index contributed by atoms with van der Waals surface area (Å²) in [5, 5.41) is 13.4. The summed E-state index contributed by atoms with van der Waals surface area (Å²) in [6, 6.07) is 5.63. The summed E-state index contributed by atoms with van der Waals surface area (Å²) >= 11 is 0. The van der Waals surface area contributed by atoms with Crippen molar-refractivity contribution in [2.45, 2.75) is 44.8 Å². The number of aliphatic carboxylic acids is 1. The van der Waals surface area contributed by atoms with E-state index in [2.05, 4.69) is 10.1 Å². The van der Waals surface area contributed by atoms with Crippen LogP contribution < -0.4 is 0 Å². The van der Waals surface area contributed by atoms with Crippen molar-refractivity contribution in [2.24, 2.45) is 0 Å². The average Bonchev–Trinajstić information content (AvgIpc) is 3.25. The molecule has 150 valence electrons. The van der Waals surface area contributed by atoms with Crippen molar-refractivity contribution in [3.63, 3.8) is 0 Å². The summed E-state index contributed by atoms with van der Waals surface area (Å²) in [7, 11) is 1.53. The first-order chi connectivity index (χ1) is 13.3. The molecule has 8 nitrogen and oxygen atoms in total. The second kappa shape index (κ2) is 8.05. The Morgan fingerprint density at radius 2 is 2.07 bits per heavy atom. The Morgan fingerprint density at radius 3 is 2.68 bits per heavy atom. The monoisotopic (exact) mass is 390 g/mol. The quantitative estimate of drug-likeness (QED) is 0.812. The third-order valence-electron chi connectivity index (χ3n) is 4.80. The molecule has 1 saturated heterocycles. The molecule has 9 heteroatoms. The smallest absolute Gasteiger partial charge is 0.305 e. The number of benzene rings is 1. The Bertz CT molecular complexity index is 883. The van der Waals surface area contributed by atoms with Crippen molar-refractivity contribution in [3.8, 4) is 5.69 Å². The van der Waals surface area contributed by atoms with Gasteiger partial charge >= 0.3 is 5.97 Å². The molecule has 1 N–H and O–H groups in total. The van der Waals surface area contributed by atoms with E-state index in [0.717, 1.165) is 0 Å². The summed E-state index contributed by atoms with van der Waals surface area (Å²) in [6.45, 7) is 4.01. The lowest BCUT2D eigenvalue weighted by Crippen LogP contribution is -2.38. The fourth-order valence-corrected chi connectivity index (χ4v) is 3.41. The zero-order chi connectivity index (χ0) is 20.4. The number of hydrogen-bond acceptors (Lipinski definition) is 5. The van der Waals surface area contributed by atoms with E-state index in [1.165, 1.54) is 22.8 Å². The van der Waals surface area contributed by atoms with E-state index in [1.807, 2.05) is 13.8 Å². The van der Waals surface area contributed by atoms with Gasteiger partial charge in [0, 0.05) is 25.6 Å². The van der Waals surface area contributed by atoms with E-state index >= 15 is 0 Å². The highest BCUT2D eigenvalue weighted by Crippen LogP contribution is 2.26. The van der Waals surface area contributed by atoms with E-state index in [-0.39, 0.29) is 36.5 Å². The number of rotatable bonds is 6. The van der Waals surface area contributed by atoms with Gasteiger partial charge in [-0.1, -0.05) is 26.0 Å². The third-order valence-corrected chi connectivity index (χ3v) is 4.80. The minimum atomic E-state index is -0.993. The number of halogens is 1. The lowest BCUT2D eigenvalue weighted by atomic mass is 10.1. The molecule has 3 rings (SSSR count). The number of ether oxygens (including phenoxy) is 1. The van der Waals surface area contributed by atoms with Gasteiger partial charge in [-0.15, -0.1) is 5.10 Å². The normalized spacial score (nSPS) is 19.4. The highest BCUT2D eigenvalue weighted by molar-refractivity contribution is 5.91. The van der Waals surface area contributed by atoms with Gasteiger partial charge in [0.05, 0.1) is 12.5 Å². The van der Waals surface area contributed by atoms with Gasteiger partial charge in [-0.2, -0.15) is 0 Å². The average molecular weight is 390 g/mol. The van der Waals surface area contributed by atoms with Gasteiger partial charge < -0.3 is 14.7 Å². The summed E-state index contributed by atoms with van der Waals surface area (Å²) in [6.07, 6.45) is 0.00233. The first-order valence-electron chi connectivity index (χ1n) is 9.09. The summed E-state index contributed by atoms with van der Waals surface area (Å²) < 4.78 is 20.9. The van der Waals surface area contributed by atoms with Crippen molar-refractivity contribution in [1.82, 2.24) is 19.7 Å². The third kappa shape index (κ3) is 3.89. The lowest BCUT2D eigenvalue weighted by Gasteiger charge is -2.21. The van der Waals surface area contributed by atoms with Gasteiger partial charge in [-0.25, -0.2) is 14.1 Å². The first-order valence-corrected chi connectivity index (χ1v) is 9.09. The van der Waals surface area contributed by atoms with Crippen LogP contribution in [-0.4, -0.2) is 62.4 Å². The highest BCUT2D eigenvalue weighted by atomic mass is 19.1. The maximum atomic E-state index is 14.3. The van der Waals surface area contributed by atoms with Gasteiger partial charge in [0.1, 0.15) is 17.3 Å². The van der Waals surface area contributed by atoms with Crippen LogP contribution in [0.25, 0.3) is 5.69 Å². The SMILES string of the molecule is COC1CC(CC(=O)O)N(C(=O)c2nc(C(C)C)n(-c3ccccc3F)n2)C1. The van der Waals surface area contributed by atoms with Crippen molar-refractivity contribution >= 4 is 11.9 Å². The predicted molar refractivity (Wildman–Crippen MR) is 97.9 cm³/mol. The van der Waals surface area contributed by atoms with Gasteiger partial charge in [-0.3, -0.25) is 9.59 Å². The van der Waals surface area contributed by atoms with Gasteiger partial charge in [-0.05, 0) is 18.6 Å². The number of amides is 1.